The summed E-state index contributed by atoms with van der Waals surface area (Å²) in [4.78, 5) is 16.1. The summed E-state index contributed by atoms with van der Waals surface area (Å²) in [5.41, 5.74) is 0.987. The third-order valence-electron chi connectivity index (χ3n) is 3.02. The van der Waals surface area contributed by atoms with Crippen LogP contribution >= 0.6 is 0 Å². The number of nitrogens with zero attached hydrogens (tertiary/aromatic N) is 3. The van der Waals surface area contributed by atoms with Crippen molar-refractivity contribution in [2.45, 2.75) is 38.5 Å². The zero-order chi connectivity index (χ0) is 11.4. The van der Waals surface area contributed by atoms with Gasteiger partial charge in [-0.2, -0.15) is 5.10 Å². The van der Waals surface area contributed by atoms with Gasteiger partial charge in [-0.3, -0.25) is 9.48 Å². The van der Waals surface area contributed by atoms with Gasteiger partial charge in [-0.05, 0) is 31.3 Å². The van der Waals surface area contributed by atoms with E-state index in [9.17, 15) is 4.79 Å². The number of hydrogen-bond donors (Lipinski definition) is 0. The lowest BCUT2D eigenvalue weighted by molar-refractivity contribution is -0.115. The number of rotatable bonds is 3. The third kappa shape index (κ3) is 2.56. The molecule has 0 atom stereocenters. The molecule has 0 radical (unpaired) electrons. The highest BCUT2D eigenvalue weighted by Crippen LogP contribution is 2.18. The molecule has 4 nitrogen and oxygen atoms in total. The maximum absolute atomic E-state index is 12.0. The molecule has 1 aromatic heterocycles. The van der Waals surface area contributed by atoms with Crippen LogP contribution in [0.3, 0.4) is 0 Å². The third-order valence-corrected chi connectivity index (χ3v) is 3.02. The van der Waals surface area contributed by atoms with Crippen molar-refractivity contribution >= 4 is 5.78 Å². The smallest absolute Gasteiger partial charge is 0.166 e. The summed E-state index contributed by atoms with van der Waals surface area (Å²) in [5.74, 6) is 0.952. The second-order valence-electron chi connectivity index (χ2n) is 4.23. The molecule has 0 saturated carbocycles. The van der Waals surface area contributed by atoms with Crippen molar-refractivity contribution in [3.63, 3.8) is 0 Å². The molecule has 0 N–H and O–H groups in total. The minimum atomic E-state index is 0.206. The summed E-state index contributed by atoms with van der Waals surface area (Å²) in [6.07, 6.45) is 9.52. The fourth-order valence-corrected chi connectivity index (χ4v) is 2.01. The van der Waals surface area contributed by atoms with Crippen LogP contribution in [-0.4, -0.2) is 20.5 Å². The molecule has 1 aliphatic rings. The van der Waals surface area contributed by atoms with Crippen molar-refractivity contribution in [3.8, 4) is 0 Å². The molecule has 0 bridgehead atoms. The van der Waals surface area contributed by atoms with Crippen LogP contribution in [-0.2, 0) is 18.3 Å². The molecule has 1 aromatic rings. The molecular formula is C12H17N3O. The van der Waals surface area contributed by atoms with E-state index >= 15 is 0 Å². The van der Waals surface area contributed by atoms with Crippen LogP contribution in [0.25, 0.3) is 0 Å². The molecule has 16 heavy (non-hydrogen) atoms. The summed E-state index contributed by atoms with van der Waals surface area (Å²) >= 11 is 0. The van der Waals surface area contributed by atoms with Crippen LogP contribution in [0.4, 0.5) is 0 Å². The number of Topliss-reactive ketones (excluding diaryl/α,β-unsaturated/α-hetero) is 1. The fourth-order valence-electron chi connectivity index (χ4n) is 2.01. The van der Waals surface area contributed by atoms with E-state index in [1.54, 1.807) is 4.68 Å². The first-order chi connectivity index (χ1) is 7.77. The number of aryl methyl sites for hydroxylation is 1. The maximum atomic E-state index is 12.0. The van der Waals surface area contributed by atoms with Gasteiger partial charge in [0, 0.05) is 7.05 Å². The highest BCUT2D eigenvalue weighted by molar-refractivity contribution is 5.96. The lowest BCUT2D eigenvalue weighted by Crippen LogP contribution is -2.11. The number of carbonyl (C=O) groups is 1. The monoisotopic (exact) mass is 219 g/mol. The van der Waals surface area contributed by atoms with Crippen molar-refractivity contribution in [2.75, 3.05) is 0 Å². The zero-order valence-electron chi connectivity index (χ0n) is 9.65. The summed E-state index contributed by atoms with van der Waals surface area (Å²) in [6, 6.07) is 0. The van der Waals surface area contributed by atoms with Gasteiger partial charge in [0.15, 0.2) is 5.78 Å². The van der Waals surface area contributed by atoms with Gasteiger partial charge >= 0.3 is 0 Å². The normalized spacial score (nSPS) is 16.7. The van der Waals surface area contributed by atoms with Gasteiger partial charge in [0.05, 0.1) is 6.42 Å². The highest BCUT2D eigenvalue weighted by atomic mass is 16.1. The SMILES string of the molecule is Cn1ncnc1CC(=O)C1=CCCCCC1. The average Bonchev–Trinajstić information content (AvgIpc) is 2.57. The Hall–Kier alpha value is -1.45. The summed E-state index contributed by atoms with van der Waals surface area (Å²) < 4.78 is 1.66. The standard InChI is InChI=1S/C12H17N3O/c1-15-12(13-9-14-15)8-11(16)10-6-4-2-3-5-7-10/h6,9H,2-5,7-8H2,1H3. The van der Waals surface area contributed by atoms with Crippen LogP contribution in [0.2, 0.25) is 0 Å². The second kappa shape index (κ2) is 5.05. The lowest BCUT2D eigenvalue weighted by atomic mass is 10.0. The van der Waals surface area contributed by atoms with E-state index in [2.05, 4.69) is 16.2 Å². The van der Waals surface area contributed by atoms with Gasteiger partial charge in [0.2, 0.25) is 0 Å². The Labute approximate surface area is 95.4 Å². The summed E-state index contributed by atoms with van der Waals surface area (Å²) in [7, 11) is 1.82. The number of carbonyl (C=O) groups excluding carboxylic acids is 1. The van der Waals surface area contributed by atoms with Crippen LogP contribution in [0, 0.1) is 0 Å². The number of aromatic nitrogens is 3. The number of ketones is 1. The first kappa shape index (κ1) is 11.0. The van der Waals surface area contributed by atoms with Gasteiger partial charge in [0.25, 0.3) is 0 Å². The van der Waals surface area contributed by atoms with Crippen LogP contribution in [0.15, 0.2) is 18.0 Å². The number of allylic oxidation sites excluding steroid dienone is 2. The van der Waals surface area contributed by atoms with Crippen molar-refractivity contribution < 1.29 is 4.79 Å². The van der Waals surface area contributed by atoms with Crippen LogP contribution in [0.1, 0.15) is 37.9 Å². The Balaban J connectivity index is 2.02. The molecule has 2 rings (SSSR count). The quantitative estimate of drug-likeness (QED) is 0.779. The predicted molar refractivity (Wildman–Crippen MR) is 60.9 cm³/mol. The van der Waals surface area contributed by atoms with E-state index in [1.165, 1.54) is 19.2 Å². The minimum absolute atomic E-state index is 0.206. The molecule has 86 valence electrons. The maximum Gasteiger partial charge on any atom is 0.166 e. The van der Waals surface area contributed by atoms with E-state index in [0.29, 0.717) is 6.42 Å². The van der Waals surface area contributed by atoms with Gasteiger partial charge in [0.1, 0.15) is 12.2 Å². The largest absolute Gasteiger partial charge is 0.294 e. The van der Waals surface area contributed by atoms with E-state index in [0.717, 1.165) is 30.7 Å². The van der Waals surface area contributed by atoms with Gasteiger partial charge in [-0.1, -0.05) is 12.5 Å². The first-order valence-corrected chi connectivity index (χ1v) is 5.82. The van der Waals surface area contributed by atoms with E-state index in [4.69, 9.17) is 0 Å². The zero-order valence-corrected chi connectivity index (χ0v) is 9.65. The molecule has 0 saturated heterocycles. The Kier molecular flexibility index (Phi) is 3.49. The number of hydrogen-bond acceptors (Lipinski definition) is 3. The molecule has 0 unspecified atom stereocenters. The molecule has 0 amide bonds. The Morgan fingerprint density at radius 2 is 2.31 bits per heavy atom. The van der Waals surface area contributed by atoms with E-state index < -0.39 is 0 Å². The Bertz CT molecular complexity index is 406. The Morgan fingerprint density at radius 3 is 3.06 bits per heavy atom. The Morgan fingerprint density at radius 1 is 1.44 bits per heavy atom. The topological polar surface area (TPSA) is 47.8 Å². The van der Waals surface area contributed by atoms with Crippen molar-refractivity contribution in [1.29, 1.82) is 0 Å². The molecule has 1 heterocycles. The van der Waals surface area contributed by atoms with Crippen molar-refractivity contribution in [3.05, 3.63) is 23.8 Å². The van der Waals surface area contributed by atoms with Gasteiger partial charge in [-0.15, -0.1) is 0 Å². The summed E-state index contributed by atoms with van der Waals surface area (Å²) in [6.45, 7) is 0. The summed E-state index contributed by atoms with van der Waals surface area (Å²) in [5, 5.41) is 3.97. The lowest BCUT2D eigenvalue weighted by Gasteiger charge is -2.03. The first-order valence-electron chi connectivity index (χ1n) is 5.82. The molecule has 0 fully saturated rings. The van der Waals surface area contributed by atoms with Crippen LogP contribution < -0.4 is 0 Å². The molecule has 0 spiro atoms. The highest BCUT2D eigenvalue weighted by Gasteiger charge is 2.14. The van der Waals surface area contributed by atoms with Gasteiger partial charge in [-0.25, -0.2) is 4.98 Å². The van der Waals surface area contributed by atoms with E-state index in [1.807, 2.05) is 7.05 Å². The average molecular weight is 219 g/mol. The minimum Gasteiger partial charge on any atom is -0.294 e. The van der Waals surface area contributed by atoms with Crippen LogP contribution in [0.5, 0.6) is 0 Å². The predicted octanol–water partition coefficient (Wildman–Crippen LogP) is 1.82. The molecule has 4 heteroatoms. The van der Waals surface area contributed by atoms with Crippen molar-refractivity contribution in [1.82, 2.24) is 14.8 Å². The molecular weight excluding hydrogens is 202 g/mol. The van der Waals surface area contributed by atoms with E-state index in [-0.39, 0.29) is 5.78 Å². The molecule has 1 aliphatic carbocycles. The molecule has 0 aliphatic heterocycles. The fraction of sp³-hybridized carbons (Fsp3) is 0.583. The van der Waals surface area contributed by atoms with Crippen molar-refractivity contribution in [2.24, 2.45) is 7.05 Å². The molecule has 0 aromatic carbocycles. The van der Waals surface area contributed by atoms with Gasteiger partial charge < -0.3 is 0 Å². The second-order valence-corrected chi connectivity index (χ2v) is 4.23.